The first-order chi connectivity index (χ1) is 10.6. The predicted octanol–water partition coefficient (Wildman–Crippen LogP) is 3.57. The molecule has 1 aromatic carbocycles. The Labute approximate surface area is 132 Å². The maximum Gasteiger partial charge on any atom is 0.257 e. The average Bonchev–Trinajstić information content (AvgIpc) is 2.90. The molecule has 6 heteroatoms. The van der Waals surface area contributed by atoms with Gasteiger partial charge in [-0.1, -0.05) is 11.3 Å². The quantitative estimate of drug-likeness (QED) is 0.803. The zero-order valence-corrected chi connectivity index (χ0v) is 13.3. The van der Waals surface area contributed by atoms with Crippen molar-refractivity contribution >= 4 is 32.7 Å². The number of nitrogens with zero attached hydrogens (tertiary/aromatic N) is 2. The van der Waals surface area contributed by atoms with Crippen molar-refractivity contribution in [2.24, 2.45) is 0 Å². The Hall–Kier alpha value is -2.47. The van der Waals surface area contributed by atoms with Gasteiger partial charge < -0.3 is 4.74 Å². The second-order valence-electron chi connectivity index (χ2n) is 4.93. The molecule has 0 fully saturated rings. The molecule has 5 nitrogen and oxygen atoms in total. The molecule has 0 aliphatic heterocycles. The Morgan fingerprint density at radius 3 is 2.59 bits per heavy atom. The maximum absolute atomic E-state index is 12.2. The zero-order valence-electron chi connectivity index (χ0n) is 12.5. The van der Waals surface area contributed by atoms with E-state index in [2.05, 4.69) is 15.3 Å². The normalized spacial score (nSPS) is 10.7. The lowest BCUT2D eigenvalue weighted by molar-refractivity contribution is 0.102. The summed E-state index contributed by atoms with van der Waals surface area (Å²) in [5, 5.41) is 3.37. The number of aryl methyl sites for hydroxylation is 2. The lowest BCUT2D eigenvalue weighted by Gasteiger charge is -2.03. The Kier molecular flexibility index (Phi) is 3.77. The van der Waals surface area contributed by atoms with Crippen molar-refractivity contribution in [2.75, 3.05) is 12.4 Å². The van der Waals surface area contributed by atoms with Gasteiger partial charge >= 0.3 is 0 Å². The van der Waals surface area contributed by atoms with Crippen LogP contribution in [0.3, 0.4) is 0 Å². The van der Waals surface area contributed by atoms with E-state index in [1.165, 1.54) is 11.3 Å². The van der Waals surface area contributed by atoms with Crippen molar-refractivity contribution in [1.82, 2.24) is 9.97 Å². The van der Waals surface area contributed by atoms with Crippen LogP contribution in [-0.4, -0.2) is 23.0 Å². The highest BCUT2D eigenvalue weighted by atomic mass is 32.1. The molecule has 0 spiro atoms. The van der Waals surface area contributed by atoms with Crippen molar-refractivity contribution < 1.29 is 9.53 Å². The van der Waals surface area contributed by atoms with Gasteiger partial charge in [-0.15, -0.1) is 0 Å². The molecule has 3 rings (SSSR count). The molecule has 0 radical (unpaired) electrons. The Balaban J connectivity index is 1.85. The highest BCUT2D eigenvalue weighted by Gasteiger charge is 2.12. The molecule has 112 valence electrons. The van der Waals surface area contributed by atoms with E-state index in [1.54, 1.807) is 31.4 Å². The largest absolute Gasteiger partial charge is 0.497 e. The lowest BCUT2D eigenvalue weighted by atomic mass is 10.2. The number of methoxy groups -OCH3 is 1. The molecular weight excluding hydrogens is 298 g/mol. The summed E-state index contributed by atoms with van der Waals surface area (Å²) in [4.78, 5) is 21.0. The second kappa shape index (κ2) is 5.73. The number of hydrogen-bond donors (Lipinski definition) is 1. The molecule has 3 aromatic rings. The van der Waals surface area contributed by atoms with E-state index in [4.69, 9.17) is 4.74 Å². The minimum Gasteiger partial charge on any atom is -0.497 e. The van der Waals surface area contributed by atoms with Crippen molar-refractivity contribution in [3.8, 4) is 5.75 Å². The van der Waals surface area contributed by atoms with Gasteiger partial charge in [-0.2, -0.15) is 4.98 Å². The van der Waals surface area contributed by atoms with E-state index in [1.807, 2.05) is 19.9 Å². The number of pyridine rings is 1. The van der Waals surface area contributed by atoms with E-state index in [0.717, 1.165) is 16.0 Å². The van der Waals surface area contributed by atoms with E-state index < -0.39 is 0 Å². The average molecular weight is 313 g/mol. The van der Waals surface area contributed by atoms with Crippen molar-refractivity contribution in [1.29, 1.82) is 0 Å². The Morgan fingerprint density at radius 1 is 1.18 bits per heavy atom. The molecule has 2 heterocycles. The molecule has 0 atom stereocenters. The molecule has 0 bridgehead atoms. The van der Waals surface area contributed by atoms with Gasteiger partial charge in [0.25, 0.3) is 5.91 Å². The lowest BCUT2D eigenvalue weighted by Crippen LogP contribution is -2.11. The Bertz CT molecular complexity index is 840. The van der Waals surface area contributed by atoms with Crippen LogP contribution in [0.1, 0.15) is 21.6 Å². The van der Waals surface area contributed by atoms with Crippen molar-refractivity contribution in [2.45, 2.75) is 13.8 Å². The van der Waals surface area contributed by atoms with Crippen LogP contribution in [-0.2, 0) is 0 Å². The number of fused-ring (bicyclic) bond motifs is 1. The fourth-order valence-electron chi connectivity index (χ4n) is 2.19. The van der Waals surface area contributed by atoms with Crippen LogP contribution in [0.4, 0.5) is 5.13 Å². The zero-order chi connectivity index (χ0) is 15.7. The third-order valence-electron chi connectivity index (χ3n) is 3.25. The van der Waals surface area contributed by atoms with E-state index in [9.17, 15) is 4.79 Å². The van der Waals surface area contributed by atoms with Gasteiger partial charge in [0, 0.05) is 11.3 Å². The van der Waals surface area contributed by atoms with Crippen LogP contribution < -0.4 is 10.1 Å². The fourth-order valence-corrected chi connectivity index (χ4v) is 3.06. The van der Waals surface area contributed by atoms with Gasteiger partial charge in [-0.3, -0.25) is 10.1 Å². The number of carbonyl (C=O) groups is 1. The van der Waals surface area contributed by atoms with Crippen LogP contribution in [0, 0.1) is 13.8 Å². The summed E-state index contributed by atoms with van der Waals surface area (Å²) in [6.45, 7) is 3.95. The van der Waals surface area contributed by atoms with Crippen molar-refractivity contribution in [3.05, 3.63) is 47.2 Å². The molecule has 2 aromatic heterocycles. The molecule has 0 saturated heterocycles. The van der Waals surface area contributed by atoms with Crippen LogP contribution >= 0.6 is 11.3 Å². The number of anilines is 1. The fraction of sp³-hybridized carbons (Fsp3) is 0.188. The van der Waals surface area contributed by atoms with E-state index >= 15 is 0 Å². The van der Waals surface area contributed by atoms with E-state index in [-0.39, 0.29) is 5.91 Å². The molecule has 0 aliphatic carbocycles. The third kappa shape index (κ3) is 2.78. The third-order valence-corrected chi connectivity index (χ3v) is 4.34. The van der Waals surface area contributed by atoms with Crippen LogP contribution in [0.15, 0.2) is 30.3 Å². The summed E-state index contributed by atoms with van der Waals surface area (Å²) in [5.41, 5.74) is 3.27. The van der Waals surface area contributed by atoms with Crippen molar-refractivity contribution in [3.63, 3.8) is 0 Å². The highest BCUT2D eigenvalue weighted by molar-refractivity contribution is 7.22. The Morgan fingerprint density at radius 2 is 1.91 bits per heavy atom. The predicted molar refractivity (Wildman–Crippen MR) is 87.8 cm³/mol. The number of nitrogens with one attached hydrogen (secondary N) is 1. The monoisotopic (exact) mass is 313 g/mol. The van der Waals surface area contributed by atoms with E-state index in [0.29, 0.717) is 22.1 Å². The standard InChI is InChI=1S/C16H15N3O2S/c1-9-8-10(2)17-14-13(9)22-16(18-14)19-15(20)11-4-6-12(21-3)7-5-11/h4-8H,1-3H3,(H,17,18,19,20). The van der Waals surface area contributed by atoms with Crippen LogP contribution in [0.25, 0.3) is 10.3 Å². The maximum atomic E-state index is 12.2. The number of thiazole rings is 1. The smallest absolute Gasteiger partial charge is 0.257 e. The molecule has 1 amide bonds. The first-order valence-corrected chi connectivity index (χ1v) is 7.58. The first-order valence-electron chi connectivity index (χ1n) is 6.77. The van der Waals surface area contributed by atoms with Gasteiger partial charge in [-0.05, 0) is 49.7 Å². The first kappa shape index (κ1) is 14.5. The van der Waals surface area contributed by atoms with Gasteiger partial charge in [0.1, 0.15) is 5.75 Å². The molecule has 0 saturated carbocycles. The van der Waals surface area contributed by atoms with Gasteiger partial charge in [-0.25, -0.2) is 4.98 Å². The summed E-state index contributed by atoms with van der Waals surface area (Å²) in [6.07, 6.45) is 0. The van der Waals surface area contributed by atoms with Gasteiger partial charge in [0.05, 0.1) is 11.8 Å². The molecule has 1 N–H and O–H groups in total. The SMILES string of the molecule is COc1ccc(C(=O)Nc2nc3nc(C)cc(C)c3s2)cc1. The number of aromatic nitrogens is 2. The second-order valence-corrected chi connectivity index (χ2v) is 5.93. The molecule has 22 heavy (non-hydrogen) atoms. The summed E-state index contributed by atoms with van der Waals surface area (Å²) < 4.78 is 6.08. The topological polar surface area (TPSA) is 64.1 Å². The summed E-state index contributed by atoms with van der Waals surface area (Å²) in [6, 6.07) is 8.95. The van der Waals surface area contributed by atoms with Crippen LogP contribution in [0.2, 0.25) is 0 Å². The van der Waals surface area contributed by atoms with Gasteiger partial charge in [0.15, 0.2) is 10.8 Å². The number of ether oxygens (including phenoxy) is 1. The number of amides is 1. The van der Waals surface area contributed by atoms with Crippen LogP contribution in [0.5, 0.6) is 5.75 Å². The van der Waals surface area contributed by atoms with Gasteiger partial charge in [0.2, 0.25) is 0 Å². The number of carbonyl (C=O) groups excluding carboxylic acids is 1. The molecule has 0 aliphatic rings. The molecular formula is C16H15N3O2S. The number of hydrogen-bond acceptors (Lipinski definition) is 5. The summed E-state index contributed by atoms with van der Waals surface area (Å²) in [5.74, 6) is 0.517. The minimum absolute atomic E-state index is 0.198. The summed E-state index contributed by atoms with van der Waals surface area (Å²) >= 11 is 1.43. The minimum atomic E-state index is -0.198. The summed E-state index contributed by atoms with van der Waals surface area (Å²) in [7, 11) is 1.59. The number of benzene rings is 1. The molecule has 0 unspecified atom stereocenters. The number of rotatable bonds is 3. The highest BCUT2D eigenvalue weighted by Crippen LogP contribution is 2.28.